The molecule has 0 aliphatic rings. The van der Waals surface area contributed by atoms with Crippen LogP contribution in [0.5, 0.6) is 5.75 Å². The van der Waals surface area contributed by atoms with Crippen molar-refractivity contribution in [3.63, 3.8) is 0 Å². The number of ether oxygens (including phenoxy) is 1. The Morgan fingerprint density at radius 3 is 2.59 bits per heavy atom. The Hall–Kier alpha value is -2.62. The molecule has 0 spiro atoms. The summed E-state index contributed by atoms with van der Waals surface area (Å²) in [6, 6.07) is 13.3. The van der Waals surface area contributed by atoms with Crippen molar-refractivity contribution in [1.29, 1.82) is 0 Å². The van der Waals surface area contributed by atoms with E-state index in [1.54, 1.807) is 36.4 Å². The summed E-state index contributed by atoms with van der Waals surface area (Å²) in [4.78, 5) is 11.7. The highest BCUT2D eigenvalue weighted by Gasteiger charge is 2.01. The molecule has 0 aliphatic heterocycles. The first-order chi connectivity index (χ1) is 10.5. The molecule has 0 aliphatic carbocycles. The highest BCUT2D eigenvalue weighted by atomic mass is 19.1. The Kier molecular flexibility index (Phi) is 5.31. The van der Waals surface area contributed by atoms with E-state index in [1.807, 2.05) is 13.8 Å². The van der Waals surface area contributed by atoms with Gasteiger partial charge < -0.3 is 10.1 Å². The predicted molar refractivity (Wildman–Crippen MR) is 85.2 cm³/mol. The molecule has 0 radical (unpaired) electrons. The van der Waals surface area contributed by atoms with Crippen LogP contribution in [0.2, 0.25) is 0 Å². The van der Waals surface area contributed by atoms with Gasteiger partial charge in [0.1, 0.15) is 18.2 Å². The lowest BCUT2D eigenvalue weighted by atomic mass is 10.2. The van der Waals surface area contributed by atoms with Gasteiger partial charge in [0, 0.05) is 17.8 Å². The smallest absolute Gasteiger partial charge is 0.248 e. The maximum Gasteiger partial charge on any atom is 0.248 e. The number of rotatable bonds is 5. The molecule has 0 heterocycles. The molecule has 22 heavy (non-hydrogen) atoms. The van der Waals surface area contributed by atoms with E-state index in [1.165, 1.54) is 18.2 Å². The number of hydrogen-bond donors (Lipinski definition) is 1. The Morgan fingerprint density at radius 1 is 1.18 bits per heavy atom. The number of nitrogens with one attached hydrogen (secondary N) is 1. The summed E-state index contributed by atoms with van der Waals surface area (Å²) in [5, 5.41) is 2.77. The van der Waals surface area contributed by atoms with Crippen molar-refractivity contribution in [2.24, 2.45) is 0 Å². The SMILES string of the molecule is CC(C)=CC(=O)Nc1cccc(OCc2ccc(F)cc2)c1. The number of benzene rings is 2. The van der Waals surface area contributed by atoms with Gasteiger partial charge in [0.15, 0.2) is 0 Å². The van der Waals surface area contributed by atoms with Crippen molar-refractivity contribution < 1.29 is 13.9 Å². The van der Waals surface area contributed by atoms with Crippen LogP contribution in [0.15, 0.2) is 60.2 Å². The minimum atomic E-state index is -0.271. The van der Waals surface area contributed by atoms with Gasteiger partial charge in [-0.15, -0.1) is 0 Å². The molecule has 0 fully saturated rings. The van der Waals surface area contributed by atoms with Crippen molar-refractivity contribution in [3.05, 3.63) is 71.6 Å². The number of carbonyl (C=O) groups excluding carboxylic acids is 1. The van der Waals surface area contributed by atoms with E-state index in [4.69, 9.17) is 4.74 Å². The molecule has 2 aromatic rings. The molecular weight excluding hydrogens is 281 g/mol. The predicted octanol–water partition coefficient (Wildman–Crippen LogP) is 4.31. The average molecular weight is 299 g/mol. The quantitative estimate of drug-likeness (QED) is 0.835. The van der Waals surface area contributed by atoms with Gasteiger partial charge in [-0.3, -0.25) is 4.79 Å². The highest BCUT2D eigenvalue weighted by molar-refractivity contribution is 5.99. The fourth-order valence-electron chi connectivity index (χ4n) is 1.85. The fraction of sp³-hybridized carbons (Fsp3) is 0.167. The van der Waals surface area contributed by atoms with Crippen molar-refractivity contribution in [2.45, 2.75) is 20.5 Å². The van der Waals surface area contributed by atoms with Crippen molar-refractivity contribution in [3.8, 4) is 5.75 Å². The zero-order valence-corrected chi connectivity index (χ0v) is 12.6. The molecule has 4 heteroatoms. The summed E-state index contributed by atoms with van der Waals surface area (Å²) in [5.74, 6) is 0.197. The topological polar surface area (TPSA) is 38.3 Å². The van der Waals surface area contributed by atoms with Gasteiger partial charge in [-0.2, -0.15) is 0 Å². The van der Waals surface area contributed by atoms with E-state index >= 15 is 0 Å². The molecule has 3 nitrogen and oxygen atoms in total. The van der Waals surface area contributed by atoms with Crippen molar-refractivity contribution in [2.75, 3.05) is 5.32 Å². The summed E-state index contributed by atoms with van der Waals surface area (Å²) in [7, 11) is 0. The Balaban J connectivity index is 1.97. The number of amides is 1. The second kappa shape index (κ2) is 7.41. The Labute approximate surface area is 129 Å². The lowest BCUT2D eigenvalue weighted by Crippen LogP contribution is -2.08. The Bertz CT molecular complexity index is 674. The number of allylic oxidation sites excluding steroid dienone is 1. The molecule has 0 saturated carbocycles. The molecule has 2 aromatic carbocycles. The van der Waals surface area contributed by atoms with Crippen LogP contribution in [0.25, 0.3) is 0 Å². The normalized spacial score (nSPS) is 9.95. The van der Waals surface area contributed by atoms with E-state index < -0.39 is 0 Å². The van der Waals surface area contributed by atoms with Gasteiger partial charge in [0.25, 0.3) is 0 Å². The molecule has 1 amide bonds. The molecule has 0 unspecified atom stereocenters. The van der Waals surface area contributed by atoms with Crippen LogP contribution in [0.4, 0.5) is 10.1 Å². The molecule has 2 rings (SSSR count). The van der Waals surface area contributed by atoms with Crippen LogP contribution in [-0.4, -0.2) is 5.91 Å². The largest absolute Gasteiger partial charge is 0.489 e. The first-order valence-electron chi connectivity index (χ1n) is 6.96. The van der Waals surface area contributed by atoms with Gasteiger partial charge in [-0.1, -0.05) is 23.8 Å². The van der Waals surface area contributed by atoms with Crippen LogP contribution in [0.1, 0.15) is 19.4 Å². The van der Waals surface area contributed by atoms with Crippen LogP contribution in [0, 0.1) is 5.82 Å². The van der Waals surface area contributed by atoms with Crippen LogP contribution in [0.3, 0.4) is 0 Å². The molecular formula is C18H18FNO2. The maximum atomic E-state index is 12.8. The molecule has 0 saturated heterocycles. The van der Waals surface area contributed by atoms with E-state index in [0.29, 0.717) is 18.0 Å². The van der Waals surface area contributed by atoms with Crippen molar-refractivity contribution in [1.82, 2.24) is 0 Å². The number of carbonyl (C=O) groups is 1. The van der Waals surface area contributed by atoms with Gasteiger partial charge >= 0.3 is 0 Å². The summed E-state index contributed by atoms with van der Waals surface area (Å²) in [5.41, 5.74) is 2.47. The molecule has 114 valence electrons. The highest BCUT2D eigenvalue weighted by Crippen LogP contribution is 2.19. The van der Waals surface area contributed by atoms with Gasteiger partial charge in [-0.05, 0) is 43.7 Å². The van der Waals surface area contributed by atoms with E-state index in [0.717, 1.165) is 11.1 Å². The minimum Gasteiger partial charge on any atom is -0.489 e. The first-order valence-corrected chi connectivity index (χ1v) is 6.96. The van der Waals surface area contributed by atoms with Gasteiger partial charge in [-0.25, -0.2) is 4.39 Å². The second-order valence-electron chi connectivity index (χ2n) is 5.15. The zero-order valence-electron chi connectivity index (χ0n) is 12.6. The molecule has 0 atom stereocenters. The monoisotopic (exact) mass is 299 g/mol. The standard InChI is InChI=1S/C18H18FNO2/c1-13(2)10-18(21)20-16-4-3-5-17(11-16)22-12-14-6-8-15(19)9-7-14/h3-11H,12H2,1-2H3,(H,20,21). The number of halogens is 1. The minimum absolute atomic E-state index is 0.171. The summed E-state index contributed by atoms with van der Waals surface area (Å²) in [6.07, 6.45) is 1.53. The number of hydrogen-bond acceptors (Lipinski definition) is 2. The van der Waals surface area contributed by atoms with Crippen molar-refractivity contribution >= 4 is 11.6 Å². The van der Waals surface area contributed by atoms with E-state index in [2.05, 4.69) is 5.32 Å². The summed E-state index contributed by atoms with van der Waals surface area (Å²) >= 11 is 0. The Morgan fingerprint density at radius 2 is 1.91 bits per heavy atom. The molecule has 0 bridgehead atoms. The van der Waals surface area contributed by atoms with E-state index in [-0.39, 0.29) is 11.7 Å². The van der Waals surface area contributed by atoms with Crippen LogP contribution >= 0.6 is 0 Å². The third-order valence-corrected chi connectivity index (χ3v) is 2.84. The lowest BCUT2D eigenvalue weighted by molar-refractivity contribution is -0.111. The maximum absolute atomic E-state index is 12.8. The third kappa shape index (κ3) is 5.05. The fourth-order valence-corrected chi connectivity index (χ4v) is 1.85. The number of anilines is 1. The van der Waals surface area contributed by atoms with Gasteiger partial charge in [0.05, 0.1) is 0 Å². The zero-order chi connectivity index (χ0) is 15.9. The van der Waals surface area contributed by atoms with Gasteiger partial charge in [0.2, 0.25) is 5.91 Å². The van der Waals surface area contributed by atoms with Crippen LogP contribution in [-0.2, 0) is 11.4 Å². The first kappa shape index (κ1) is 15.8. The third-order valence-electron chi connectivity index (χ3n) is 2.84. The lowest BCUT2D eigenvalue weighted by Gasteiger charge is -2.08. The van der Waals surface area contributed by atoms with E-state index in [9.17, 15) is 9.18 Å². The average Bonchev–Trinajstić information content (AvgIpc) is 2.46. The summed E-state index contributed by atoms with van der Waals surface area (Å²) < 4.78 is 18.5. The van der Waals surface area contributed by atoms with Crippen LogP contribution < -0.4 is 10.1 Å². The molecule has 0 aromatic heterocycles. The molecule has 1 N–H and O–H groups in total. The summed E-state index contributed by atoms with van der Waals surface area (Å²) in [6.45, 7) is 4.06. The second-order valence-corrected chi connectivity index (χ2v) is 5.15.